The summed E-state index contributed by atoms with van der Waals surface area (Å²) in [7, 11) is 0. The summed E-state index contributed by atoms with van der Waals surface area (Å²) in [4.78, 5) is 5.02. The predicted molar refractivity (Wildman–Crippen MR) is 122 cm³/mol. The minimum Gasteiger partial charge on any atom is -0.380 e. The van der Waals surface area contributed by atoms with Crippen molar-refractivity contribution in [1.82, 2.24) is 9.80 Å². The van der Waals surface area contributed by atoms with E-state index in [0.29, 0.717) is 0 Å². The topological polar surface area (TPSA) is 15.7 Å². The number of halogens is 1. The first-order chi connectivity index (χ1) is 14.3. The molecule has 29 heavy (non-hydrogen) atoms. The van der Waals surface area contributed by atoms with Gasteiger partial charge in [-0.2, -0.15) is 0 Å². The van der Waals surface area contributed by atoms with Crippen LogP contribution in [0.15, 0.2) is 66.7 Å². The molecule has 3 aromatic rings. The van der Waals surface area contributed by atoms with Crippen LogP contribution in [0.25, 0.3) is 10.8 Å². The van der Waals surface area contributed by atoms with Gasteiger partial charge in [-0.15, -0.1) is 0 Å². The largest absolute Gasteiger partial charge is 0.380 e. The van der Waals surface area contributed by atoms with E-state index in [1.54, 1.807) is 0 Å². The van der Waals surface area contributed by atoms with Crippen molar-refractivity contribution in [1.29, 1.82) is 0 Å². The van der Waals surface area contributed by atoms with E-state index < -0.39 is 0 Å². The zero-order valence-electron chi connectivity index (χ0n) is 16.9. The molecule has 3 aromatic carbocycles. The Hall–Kier alpha value is -1.91. The third-order valence-electron chi connectivity index (χ3n) is 5.69. The van der Waals surface area contributed by atoms with Crippen molar-refractivity contribution in [2.24, 2.45) is 0 Å². The number of hydrogen-bond acceptors (Lipinski definition) is 3. The standard InChI is InChI=1S/C25H29ClN2O/c26-25-9-6-22(7-10-25)20-28-14-12-27(13-15-28)16-18-29-17-11-21-5-8-23-3-1-2-4-24(23)19-21/h1-10,19H,11-18,20H2. The highest BCUT2D eigenvalue weighted by Gasteiger charge is 2.16. The maximum atomic E-state index is 5.97. The second-order valence-corrected chi connectivity index (χ2v) is 8.22. The van der Waals surface area contributed by atoms with Crippen molar-refractivity contribution >= 4 is 22.4 Å². The monoisotopic (exact) mass is 408 g/mol. The molecule has 0 saturated carbocycles. The van der Waals surface area contributed by atoms with Crippen LogP contribution in [0.1, 0.15) is 11.1 Å². The van der Waals surface area contributed by atoms with Gasteiger partial charge in [-0.1, -0.05) is 66.2 Å². The van der Waals surface area contributed by atoms with Crippen LogP contribution in [0.3, 0.4) is 0 Å². The summed E-state index contributed by atoms with van der Waals surface area (Å²) in [6.45, 7) is 8.07. The van der Waals surface area contributed by atoms with Crippen LogP contribution in [0, 0.1) is 0 Å². The SMILES string of the molecule is Clc1ccc(CN2CCN(CCOCCc3ccc4ccccc4c3)CC2)cc1. The van der Waals surface area contributed by atoms with Gasteiger partial charge in [0.2, 0.25) is 0 Å². The molecule has 4 rings (SSSR count). The number of hydrogen-bond donors (Lipinski definition) is 0. The maximum absolute atomic E-state index is 5.97. The summed E-state index contributed by atoms with van der Waals surface area (Å²) in [5.74, 6) is 0. The Morgan fingerprint density at radius 1 is 0.724 bits per heavy atom. The van der Waals surface area contributed by atoms with Crippen molar-refractivity contribution in [2.45, 2.75) is 13.0 Å². The van der Waals surface area contributed by atoms with Crippen LogP contribution < -0.4 is 0 Å². The Balaban J connectivity index is 1.11. The third kappa shape index (κ3) is 6.03. The zero-order valence-corrected chi connectivity index (χ0v) is 17.7. The van der Waals surface area contributed by atoms with Crippen LogP contribution in [0.5, 0.6) is 0 Å². The van der Waals surface area contributed by atoms with Gasteiger partial charge in [-0.3, -0.25) is 9.80 Å². The molecule has 1 fully saturated rings. The van der Waals surface area contributed by atoms with E-state index in [9.17, 15) is 0 Å². The molecule has 0 unspecified atom stereocenters. The van der Waals surface area contributed by atoms with E-state index in [1.807, 2.05) is 12.1 Å². The minimum absolute atomic E-state index is 0.787. The van der Waals surface area contributed by atoms with Gasteiger partial charge in [0, 0.05) is 44.3 Å². The van der Waals surface area contributed by atoms with E-state index in [-0.39, 0.29) is 0 Å². The number of ether oxygens (including phenoxy) is 1. The minimum atomic E-state index is 0.787. The van der Waals surface area contributed by atoms with Crippen LogP contribution in [-0.4, -0.2) is 55.7 Å². The molecule has 4 heteroatoms. The molecule has 0 aromatic heterocycles. The average Bonchev–Trinajstić information content (AvgIpc) is 2.76. The molecule has 0 N–H and O–H groups in total. The second kappa shape index (κ2) is 10.2. The Morgan fingerprint density at radius 3 is 2.21 bits per heavy atom. The van der Waals surface area contributed by atoms with E-state index in [0.717, 1.165) is 63.9 Å². The van der Waals surface area contributed by atoms with Crippen molar-refractivity contribution in [3.05, 3.63) is 82.9 Å². The predicted octanol–water partition coefficient (Wildman–Crippen LogP) is 4.87. The van der Waals surface area contributed by atoms with E-state index in [1.165, 1.54) is 21.9 Å². The molecule has 1 saturated heterocycles. The molecule has 1 aliphatic heterocycles. The molecule has 152 valence electrons. The number of nitrogens with zero attached hydrogens (tertiary/aromatic N) is 2. The van der Waals surface area contributed by atoms with Gasteiger partial charge in [-0.05, 0) is 40.5 Å². The molecule has 0 spiro atoms. The zero-order chi connectivity index (χ0) is 19.9. The summed E-state index contributed by atoms with van der Waals surface area (Å²) in [6, 6.07) is 23.4. The highest BCUT2D eigenvalue weighted by atomic mass is 35.5. The Bertz CT molecular complexity index is 904. The fraction of sp³-hybridized carbons (Fsp3) is 0.360. The molecule has 0 bridgehead atoms. The molecule has 0 atom stereocenters. The first kappa shape index (κ1) is 20.4. The Labute approximate surface area is 178 Å². The first-order valence-electron chi connectivity index (χ1n) is 10.5. The fourth-order valence-corrected chi connectivity index (χ4v) is 4.03. The molecule has 3 nitrogen and oxygen atoms in total. The van der Waals surface area contributed by atoms with Gasteiger partial charge >= 0.3 is 0 Å². The van der Waals surface area contributed by atoms with E-state index in [4.69, 9.17) is 16.3 Å². The van der Waals surface area contributed by atoms with Gasteiger partial charge in [-0.25, -0.2) is 0 Å². The van der Waals surface area contributed by atoms with Crippen molar-refractivity contribution < 1.29 is 4.74 Å². The smallest absolute Gasteiger partial charge is 0.0593 e. The lowest BCUT2D eigenvalue weighted by molar-refractivity contribution is 0.0747. The quantitative estimate of drug-likeness (QED) is 0.494. The molecule has 1 aliphatic rings. The lowest BCUT2D eigenvalue weighted by Crippen LogP contribution is -2.46. The second-order valence-electron chi connectivity index (χ2n) is 7.79. The lowest BCUT2D eigenvalue weighted by Gasteiger charge is -2.34. The van der Waals surface area contributed by atoms with Gasteiger partial charge < -0.3 is 4.74 Å². The highest BCUT2D eigenvalue weighted by Crippen LogP contribution is 2.16. The number of rotatable bonds is 8. The van der Waals surface area contributed by atoms with Gasteiger partial charge in [0.05, 0.1) is 13.2 Å². The van der Waals surface area contributed by atoms with Crippen LogP contribution >= 0.6 is 11.6 Å². The first-order valence-corrected chi connectivity index (χ1v) is 10.9. The van der Waals surface area contributed by atoms with E-state index >= 15 is 0 Å². The summed E-state index contributed by atoms with van der Waals surface area (Å²) in [5, 5.41) is 3.41. The van der Waals surface area contributed by atoms with E-state index in [2.05, 4.69) is 64.4 Å². The molecule has 0 aliphatic carbocycles. The molecule has 0 radical (unpaired) electrons. The van der Waals surface area contributed by atoms with Crippen molar-refractivity contribution in [3.63, 3.8) is 0 Å². The summed E-state index contributed by atoms with van der Waals surface area (Å²) in [6.07, 6.45) is 0.972. The van der Waals surface area contributed by atoms with Gasteiger partial charge in [0.15, 0.2) is 0 Å². The number of benzene rings is 3. The van der Waals surface area contributed by atoms with Gasteiger partial charge in [0.25, 0.3) is 0 Å². The Kier molecular flexibility index (Phi) is 7.18. The van der Waals surface area contributed by atoms with Crippen LogP contribution in [0.2, 0.25) is 5.02 Å². The molecular formula is C25H29ClN2O. The van der Waals surface area contributed by atoms with Gasteiger partial charge in [0.1, 0.15) is 0 Å². The van der Waals surface area contributed by atoms with Crippen LogP contribution in [0.4, 0.5) is 0 Å². The normalized spacial score (nSPS) is 15.8. The number of piperazine rings is 1. The maximum Gasteiger partial charge on any atom is 0.0593 e. The van der Waals surface area contributed by atoms with Crippen LogP contribution in [-0.2, 0) is 17.7 Å². The molecule has 0 amide bonds. The molecular weight excluding hydrogens is 380 g/mol. The number of fused-ring (bicyclic) bond motifs is 1. The lowest BCUT2D eigenvalue weighted by atomic mass is 10.1. The summed E-state index contributed by atoms with van der Waals surface area (Å²) < 4.78 is 5.92. The Morgan fingerprint density at radius 2 is 1.41 bits per heavy atom. The summed E-state index contributed by atoms with van der Waals surface area (Å²) >= 11 is 5.97. The molecule has 1 heterocycles. The highest BCUT2D eigenvalue weighted by molar-refractivity contribution is 6.30. The average molecular weight is 409 g/mol. The summed E-state index contributed by atoms with van der Waals surface area (Å²) in [5.41, 5.74) is 2.68. The fourth-order valence-electron chi connectivity index (χ4n) is 3.90. The van der Waals surface area contributed by atoms with Crippen molar-refractivity contribution in [2.75, 3.05) is 45.9 Å². The third-order valence-corrected chi connectivity index (χ3v) is 5.94. The van der Waals surface area contributed by atoms with Crippen molar-refractivity contribution in [3.8, 4) is 0 Å².